The fraction of sp³-hybridized carbons (Fsp3) is 0.435. The standard InChI is InChI=1S/C23H28N2O3/c1-16-7-8-17(2)20(11-16)24-23(26)14-25(19-5-3-4-6-19)13-18-9-10-21-22(12-18)28-15-27-21/h7-12,19H,3-6,13-15H2,1-2H3,(H,24,26). The Kier molecular flexibility index (Phi) is 5.53. The normalized spacial score (nSPS) is 16.0. The van der Waals surface area contributed by atoms with Gasteiger partial charge in [-0.2, -0.15) is 0 Å². The van der Waals surface area contributed by atoms with E-state index in [0.29, 0.717) is 12.6 Å². The molecule has 28 heavy (non-hydrogen) atoms. The fourth-order valence-electron chi connectivity index (χ4n) is 4.10. The Balaban J connectivity index is 1.46. The van der Waals surface area contributed by atoms with E-state index in [1.807, 2.05) is 38.1 Å². The van der Waals surface area contributed by atoms with Crippen LogP contribution in [0.3, 0.4) is 0 Å². The molecule has 2 aromatic rings. The highest BCUT2D eigenvalue weighted by Crippen LogP contribution is 2.33. The fourth-order valence-corrected chi connectivity index (χ4v) is 4.10. The predicted octanol–water partition coefficient (Wildman–Crippen LogP) is 4.42. The number of aryl methyl sites for hydroxylation is 2. The average molecular weight is 380 g/mol. The molecule has 4 rings (SSSR count). The molecule has 2 aliphatic rings. The minimum Gasteiger partial charge on any atom is -0.454 e. The van der Waals surface area contributed by atoms with Crippen molar-refractivity contribution in [1.82, 2.24) is 4.90 Å². The Morgan fingerprint density at radius 2 is 1.86 bits per heavy atom. The van der Waals surface area contributed by atoms with Gasteiger partial charge in [-0.15, -0.1) is 0 Å². The Morgan fingerprint density at radius 3 is 2.68 bits per heavy atom. The maximum atomic E-state index is 12.8. The van der Waals surface area contributed by atoms with Crippen LogP contribution in [0.15, 0.2) is 36.4 Å². The molecule has 1 N–H and O–H groups in total. The molecule has 0 spiro atoms. The summed E-state index contributed by atoms with van der Waals surface area (Å²) in [7, 11) is 0. The van der Waals surface area contributed by atoms with E-state index in [-0.39, 0.29) is 12.7 Å². The zero-order chi connectivity index (χ0) is 19.5. The van der Waals surface area contributed by atoms with E-state index in [2.05, 4.69) is 22.3 Å². The van der Waals surface area contributed by atoms with Crippen LogP contribution >= 0.6 is 0 Å². The van der Waals surface area contributed by atoms with E-state index < -0.39 is 0 Å². The van der Waals surface area contributed by atoms with Crippen LogP contribution in [0, 0.1) is 13.8 Å². The van der Waals surface area contributed by atoms with Crippen molar-refractivity contribution >= 4 is 11.6 Å². The zero-order valence-corrected chi connectivity index (χ0v) is 16.7. The smallest absolute Gasteiger partial charge is 0.238 e. The predicted molar refractivity (Wildman–Crippen MR) is 110 cm³/mol. The first-order valence-corrected chi connectivity index (χ1v) is 10.1. The molecule has 1 heterocycles. The monoisotopic (exact) mass is 380 g/mol. The van der Waals surface area contributed by atoms with E-state index in [1.54, 1.807) is 0 Å². The van der Waals surface area contributed by atoms with Crippen LogP contribution in [-0.2, 0) is 11.3 Å². The molecule has 0 saturated heterocycles. The lowest BCUT2D eigenvalue weighted by Gasteiger charge is -2.28. The summed E-state index contributed by atoms with van der Waals surface area (Å²) in [6, 6.07) is 12.7. The number of anilines is 1. The zero-order valence-electron chi connectivity index (χ0n) is 16.7. The molecule has 0 aromatic heterocycles. The SMILES string of the molecule is Cc1ccc(C)c(NC(=O)CN(Cc2ccc3c(c2)OCO3)C2CCCC2)c1. The minimum absolute atomic E-state index is 0.0429. The summed E-state index contributed by atoms with van der Waals surface area (Å²) in [5, 5.41) is 3.11. The second-order valence-electron chi connectivity index (χ2n) is 7.90. The van der Waals surface area contributed by atoms with E-state index in [0.717, 1.165) is 53.3 Å². The van der Waals surface area contributed by atoms with Gasteiger partial charge in [0.15, 0.2) is 11.5 Å². The molecular weight excluding hydrogens is 352 g/mol. The molecule has 1 aliphatic heterocycles. The lowest BCUT2D eigenvalue weighted by atomic mass is 10.1. The first-order chi connectivity index (χ1) is 13.6. The maximum Gasteiger partial charge on any atom is 0.238 e. The van der Waals surface area contributed by atoms with Crippen molar-refractivity contribution in [3.05, 3.63) is 53.1 Å². The van der Waals surface area contributed by atoms with Crippen LogP contribution in [0.4, 0.5) is 5.69 Å². The van der Waals surface area contributed by atoms with E-state index >= 15 is 0 Å². The maximum absolute atomic E-state index is 12.8. The van der Waals surface area contributed by atoms with Gasteiger partial charge in [0.1, 0.15) is 0 Å². The molecular formula is C23H28N2O3. The Morgan fingerprint density at radius 1 is 1.07 bits per heavy atom. The minimum atomic E-state index is 0.0429. The number of amides is 1. The van der Waals surface area contributed by atoms with Crippen molar-refractivity contribution in [1.29, 1.82) is 0 Å². The summed E-state index contributed by atoms with van der Waals surface area (Å²) in [6.45, 7) is 5.48. The molecule has 1 saturated carbocycles. The molecule has 0 bridgehead atoms. The van der Waals surface area contributed by atoms with Gasteiger partial charge in [0, 0.05) is 18.3 Å². The van der Waals surface area contributed by atoms with Gasteiger partial charge in [-0.1, -0.05) is 31.0 Å². The molecule has 1 fully saturated rings. The summed E-state index contributed by atoms with van der Waals surface area (Å²) in [5.74, 6) is 1.63. The van der Waals surface area contributed by atoms with Crippen molar-refractivity contribution in [3.8, 4) is 11.5 Å². The molecule has 5 heteroatoms. The van der Waals surface area contributed by atoms with Crippen molar-refractivity contribution in [2.24, 2.45) is 0 Å². The van der Waals surface area contributed by atoms with Crippen LogP contribution in [0.2, 0.25) is 0 Å². The average Bonchev–Trinajstić information content (AvgIpc) is 3.35. The highest BCUT2D eigenvalue weighted by Gasteiger charge is 2.25. The molecule has 0 atom stereocenters. The van der Waals surface area contributed by atoms with Crippen LogP contribution in [0.5, 0.6) is 11.5 Å². The molecule has 1 aliphatic carbocycles. The van der Waals surface area contributed by atoms with Gasteiger partial charge in [0.05, 0.1) is 6.54 Å². The van der Waals surface area contributed by atoms with Gasteiger partial charge in [0.25, 0.3) is 0 Å². The van der Waals surface area contributed by atoms with Crippen molar-refractivity contribution < 1.29 is 14.3 Å². The number of nitrogens with zero attached hydrogens (tertiary/aromatic N) is 1. The summed E-state index contributed by atoms with van der Waals surface area (Å²) >= 11 is 0. The Bertz CT molecular complexity index is 859. The van der Waals surface area contributed by atoms with Gasteiger partial charge in [-0.3, -0.25) is 9.69 Å². The van der Waals surface area contributed by atoms with Crippen LogP contribution in [0.1, 0.15) is 42.4 Å². The highest BCUT2D eigenvalue weighted by molar-refractivity contribution is 5.93. The van der Waals surface area contributed by atoms with Gasteiger partial charge in [-0.05, 0) is 61.6 Å². The second-order valence-corrected chi connectivity index (χ2v) is 7.90. The Hall–Kier alpha value is -2.53. The quantitative estimate of drug-likeness (QED) is 0.806. The number of fused-ring (bicyclic) bond motifs is 1. The van der Waals surface area contributed by atoms with Gasteiger partial charge >= 0.3 is 0 Å². The summed E-state index contributed by atoms with van der Waals surface area (Å²) in [5.41, 5.74) is 4.28. The third kappa shape index (κ3) is 4.30. The van der Waals surface area contributed by atoms with Crippen molar-refractivity contribution in [2.45, 2.75) is 52.1 Å². The first-order valence-electron chi connectivity index (χ1n) is 10.1. The lowest BCUT2D eigenvalue weighted by Crippen LogP contribution is -2.39. The van der Waals surface area contributed by atoms with E-state index in [4.69, 9.17) is 9.47 Å². The number of benzene rings is 2. The molecule has 0 radical (unpaired) electrons. The molecule has 148 valence electrons. The number of carbonyl (C=O) groups excluding carboxylic acids is 1. The van der Waals surface area contributed by atoms with E-state index in [9.17, 15) is 4.79 Å². The lowest BCUT2D eigenvalue weighted by molar-refractivity contribution is -0.118. The van der Waals surface area contributed by atoms with Gasteiger partial charge in [-0.25, -0.2) is 0 Å². The largest absolute Gasteiger partial charge is 0.454 e. The molecule has 5 nitrogen and oxygen atoms in total. The second kappa shape index (κ2) is 8.23. The van der Waals surface area contributed by atoms with Gasteiger partial charge in [0.2, 0.25) is 12.7 Å². The third-order valence-corrected chi connectivity index (χ3v) is 5.68. The Labute approximate surface area is 166 Å². The highest BCUT2D eigenvalue weighted by atomic mass is 16.7. The van der Waals surface area contributed by atoms with Gasteiger partial charge < -0.3 is 14.8 Å². The van der Waals surface area contributed by atoms with Crippen LogP contribution in [-0.4, -0.2) is 30.2 Å². The number of ether oxygens (including phenoxy) is 2. The summed E-state index contributed by atoms with van der Waals surface area (Å²) < 4.78 is 10.9. The number of rotatable bonds is 6. The number of hydrogen-bond acceptors (Lipinski definition) is 4. The van der Waals surface area contributed by atoms with Crippen LogP contribution in [0.25, 0.3) is 0 Å². The molecule has 1 amide bonds. The topological polar surface area (TPSA) is 50.8 Å². The summed E-state index contributed by atoms with van der Waals surface area (Å²) in [4.78, 5) is 15.1. The molecule has 2 aromatic carbocycles. The van der Waals surface area contributed by atoms with Crippen molar-refractivity contribution in [3.63, 3.8) is 0 Å². The number of nitrogens with one attached hydrogen (secondary N) is 1. The number of carbonyl (C=O) groups is 1. The first kappa shape index (κ1) is 18.8. The van der Waals surface area contributed by atoms with Crippen LogP contribution < -0.4 is 14.8 Å². The number of hydrogen-bond donors (Lipinski definition) is 1. The molecule has 0 unspecified atom stereocenters. The summed E-state index contributed by atoms with van der Waals surface area (Å²) in [6.07, 6.45) is 4.78. The third-order valence-electron chi connectivity index (χ3n) is 5.68. The van der Waals surface area contributed by atoms with Crippen molar-refractivity contribution in [2.75, 3.05) is 18.7 Å². The van der Waals surface area contributed by atoms with E-state index in [1.165, 1.54) is 12.8 Å².